The van der Waals surface area contributed by atoms with E-state index < -0.39 is 23.6 Å². The van der Waals surface area contributed by atoms with Crippen molar-refractivity contribution in [2.75, 3.05) is 14.2 Å². The maximum absolute atomic E-state index is 13.5. The Hall–Kier alpha value is -4.28. The fourth-order valence-corrected chi connectivity index (χ4v) is 4.10. The average Bonchev–Trinajstić information content (AvgIpc) is 3.03. The summed E-state index contributed by atoms with van der Waals surface area (Å²) in [6.07, 6.45) is -1.75. The molecule has 3 aromatic rings. The van der Waals surface area contributed by atoms with Gasteiger partial charge in [-0.25, -0.2) is 4.99 Å². The Bertz CT molecular complexity index is 1360. The number of fused-ring (bicyclic) bond motifs is 4. The molecule has 1 unspecified atom stereocenters. The Labute approximate surface area is 191 Å². The van der Waals surface area contributed by atoms with Gasteiger partial charge >= 0.3 is 6.36 Å². The number of ether oxygens (including phenoxy) is 3. The third kappa shape index (κ3) is 3.28. The number of benzene rings is 2. The predicted octanol–water partition coefficient (Wildman–Crippen LogP) is 3.79. The van der Waals surface area contributed by atoms with E-state index in [4.69, 9.17) is 15.2 Å². The molecule has 34 heavy (non-hydrogen) atoms. The normalized spacial score (nSPS) is 18.8. The van der Waals surface area contributed by atoms with Crippen molar-refractivity contribution in [3.8, 4) is 34.1 Å². The second-order valence-corrected chi connectivity index (χ2v) is 7.68. The maximum atomic E-state index is 13.5. The van der Waals surface area contributed by atoms with Crippen LogP contribution in [-0.4, -0.2) is 42.3 Å². The van der Waals surface area contributed by atoms with Crippen LogP contribution in [0.3, 0.4) is 0 Å². The molecule has 2 aliphatic rings. The number of hydrogen-bond acceptors (Lipinski definition) is 7. The van der Waals surface area contributed by atoms with E-state index in [1.807, 2.05) is 0 Å². The van der Waals surface area contributed by atoms with Crippen LogP contribution in [0.1, 0.15) is 11.1 Å². The van der Waals surface area contributed by atoms with Gasteiger partial charge in [-0.1, -0.05) is 6.07 Å². The highest BCUT2D eigenvalue weighted by Gasteiger charge is 2.55. The van der Waals surface area contributed by atoms with Gasteiger partial charge in [0.05, 0.1) is 13.3 Å². The number of carbonyl (C=O) groups is 1. The van der Waals surface area contributed by atoms with Gasteiger partial charge in [-0.05, 0) is 42.0 Å². The lowest BCUT2D eigenvalue weighted by Gasteiger charge is -2.34. The van der Waals surface area contributed by atoms with Gasteiger partial charge in [0.15, 0.2) is 5.96 Å². The number of rotatable bonds is 3. The molecule has 0 bridgehead atoms. The molecule has 2 aliphatic heterocycles. The third-order valence-corrected chi connectivity index (χ3v) is 5.69. The zero-order chi connectivity index (χ0) is 24.3. The highest BCUT2D eigenvalue weighted by molar-refractivity contribution is 6.10. The number of halogens is 3. The number of nitrogens with two attached hydrogens (primary N) is 1. The predicted molar refractivity (Wildman–Crippen MR) is 115 cm³/mol. The van der Waals surface area contributed by atoms with E-state index in [1.54, 1.807) is 36.7 Å². The van der Waals surface area contributed by atoms with Crippen molar-refractivity contribution < 1.29 is 32.2 Å². The van der Waals surface area contributed by atoms with Crippen molar-refractivity contribution in [2.24, 2.45) is 10.7 Å². The van der Waals surface area contributed by atoms with E-state index in [2.05, 4.69) is 14.7 Å². The number of aliphatic imine (C=N–C) groups is 1. The lowest BCUT2D eigenvalue weighted by molar-refractivity contribution is -0.274. The monoisotopic (exact) mass is 470 g/mol. The number of alkyl halides is 3. The second kappa shape index (κ2) is 7.37. The molecule has 2 aromatic carbocycles. The lowest BCUT2D eigenvalue weighted by atomic mass is 9.79. The summed E-state index contributed by atoms with van der Waals surface area (Å²) in [5.74, 6) is -0.128. The van der Waals surface area contributed by atoms with Crippen LogP contribution in [0.25, 0.3) is 11.1 Å². The molecule has 5 rings (SSSR count). The first-order chi connectivity index (χ1) is 16.1. The first kappa shape index (κ1) is 21.6. The largest absolute Gasteiger partial charge is 0.573 e. The summed E-state index contributed by atoms with van der Waals surface area (Å²) in [7, 11) is 2.95. The Morgan fingerprint density at radius 3 is 2.35 bits per heavy atom. The summed E-state index contributed by atoms with van der Waals surface area (Å²) in [6.45, 7) is 0. The maximum Gasteiger partial charge on any atom is 0.573 e. The van der Waals surface area contributed by atoms with Crippen molar-refractivity contribution >= 4 is 11.9 Å². The number of hydrogen-bond donors (Lipinski definition) is 1. The van der Waals surface area contributed by atoms with Crippen molar-refractivity contribution in [3.63, 3.8) is 0 Å². The Kier molecular flexibility index (Phi) is 4.67. The van der Waals surface area contributed by atoms with Crippen molar-refractivity contribution in [1.29, 1.82) is 0 Å². The molecular weight excluding hydrogens is 453 g/mol. The SMILES string of the molecule is COc1cncc(-c2ccc3c(c2)C2(N=C(N)N(C)C2=O)c2cc(OC(F)(F)F)ccc2O3)c1. The van der Waals surface area contributed by atoms with Gasteiger partial charge in [-0.2, -0.15) is 0 Å². The van der Waals surface area contributed by atoms with E-state index in [1.165, 1.54) is 20.2 Å². The number of aromatic nitrogens is 1. The Morgan fingerprint density at radius 2 is 1.71 bits per heavy atom. The molecule has 0 fully saturated rings. The van der Waals surface area contributed by atoms with Crippen LogP contribution in [0.15, 0.2) is 59.9 Å². The molecule has 1 aromatic heterocycles. The van der Waals surface area contributed by atoms with Crippen LogP contribution in [0, 0.1) is 0 Å². The van der Waals surface area contributed by atoms with Gasteiger partial charge < -0.3 is 19.9 Å². The molecule has 1 amide bonds. The molecule has 1 atom stereocenters. The molecule has 1 spiro atoms. The van der Waals surface area contributed by atoms with Crippen LogP contribution in [0.2, 0.25) is 0 Å². The molecule has 0 radical (unpaired) electrons. The van der Waals surface area contributed by atoms with E-state index in [0.717, 1.165) is 17.0 Å². The third-order valence-electron chi connectivity index (χ3n) is 5.69. The molecule has 11 heteroatoms. The zero-order valence-electron chi connectivity index (χ0n) is 17.9. The first-order valence-corrected chi connectivity index (χ1v) is 9.98. The highest BCUT2D eigenvalue weighted by atomic mass is 19.4. The van der Waals surface area contributed by atoms with Crippen LogP contribution in [0.4, 0.5) is 13.2 Å². The van der Waals surface area contributed by atoms with Crippen LogP contribution in [-0.2, 0) is 10.3 Å². The number of amides is 1. The number of likely N-dealkylation sites (N-methyl/N-ethyl adjacent to an activating group) is 1. The quantitative estimate of drug-likeness (QED) is 0.625. The molecule has 174 valence electrons. The number of methoxy groups -OCH3 is 1. The summed E-state index contributed by atoms with van der Waals surface area (Å²) < 4.78 is 53.9. The smallest absolute Gasteiger partial charge is 0.495 e. The van der Waals surface area contributed by atoms with Crippen molar-refractivity contribution in [3.05, 3.63) is 66.0 Å². The minimum atomic E-state index is -4.92. The van der Waals surface area contributed by atoms with E-state index in [9.17, 15) is 18.0 Å². The van der Waals surface area contributed by atoms with Gasteiger partial charge in [0.25, 0.3) is 5.91 Å². The number of pyridine rings is 1. The molecule has 0 saturated heterocycles. The summed E-state index contributed by atoms with van der Waals surface area (Å²) in [5.41, 5.74) is 5.99. The molecule has 0 saturated carbocycles. The minimum absolute atomic E-state index is 0.0833. The summed E-state index contributed by atoms with van der Waals surface area (Å²) in [4.78, 5) is 23.3. The second-order valence-electron chi connectivity index (χ2n) is 7.68. The van der Waals surface area contributed by atoms with Gasteiger partial charge in [-0.3, -0.25) is 14.7 Å². The first-order valence-electron chi connectivity index (χ1n) is 9.98. The topological polar surface area (TPSA) is 99.3 Å². The number of carbonyl (C=O) groups excluding carboxylic acids is 1. The molecular formula is C23H17F3N4O4. The standard InChI is InChI=1S/C23H17F3N4O4/c1-30-20(31)22(29-21(30)27)16-8-12(13-7-15(32-2)11-28-10-13)3-5-18(16)33-19-6-4-14(9-17(19)22)34-23(24,25)26/h3-11H,1-2H3,(H2,27,29). The van der Waals surface area contributed by atoms with Gasteiger partial charge in [0, 0.05) is 29.9 Å². The zero-order valence-corrected chi connectivity index (χ0v) is 17.9. The van der Waals surface area contributed by atoms with Crippen LogP contribution >= 0.6 is 0 Å². The molecule has 2 N–H and O–H groups in total. The lowest BCUT2D eigenvalue weighted by Crippen LogP contribution is -2.42. The van der Waals surface area contributed by atoms with E-state index in [0.29, 0.717) is 28.2 Å². The number of guanidine groups is 1. The molecule has 8 nitrogen and oxygen atoms in total. The fourth-order valence-electron chi connectivity index (χ4n) is 4.10. The van der Waals surface area contributed by atoms with Crippen molar-refractivity contribution in [2.45, 2.75) is 11.9 Å². The average molecular weight is 470 g/mol. The van der Waals surface area contributed by atoms with Crippen LogP contribution in [0.5, 0.6) is 23.0 Å². The summed E-state index contributed by atoms with van der Waals surface area (Å²) >= 11 is 0. The Balaban J connectivity index is 1.73. The van der Waals surface area contributed by atoms with Crippen LogP contribution < -0.4 is 19.9 Å². The van der Waals surface area contributed by atoms with E-state index >= 15 is 0 Å². The number of nitrogens with zero attached hydrogens (tertiary/aromatic N) is 3. The molecule has 0 aliphatic carbocycles. The van der Waals surface area contributed by atoms with Gasteiger partial charge in [0.1, 0.15) is 23.0 Å². The summed E-state index contributed by atoms with van der Waals surface area (Å²) in [5, 5.41) is 0. The fraction of sp³-hybridized carbons (Fsp3) is 0.174. The Morgan fingerprint density at radius 1 is 1.00 bits per heavy atom. The minimum Gasteiger partial charge on any atom is -0.495 e. The van der Waals surface area contributed by atoms with Gasteiger partial charge in [0.2, 0.25) is 5.54 Å². The van der Waals surface area contributed by atoms with E-state index in [-0.39, 0.29) is 17.3 Å². The highest BCUT2D eigenvalue weighted by Crippen LogP contribution is 2.53. The van der Waals surface area contributed by atoms with Crippen molar-refractivity contribution in [1.82, 2.24) is 9.88 Å². The molecule has 3 heterocycles. The van der Waals surface area contributed by atoms with Gasteiger partial charge in [-0.15, -0.1) is 13.2 Å². The summed E-state index contributed by atoms with van der Waals surface area (Å²) in [6, 6.07) is 10.4.